The van der Waals surface area contributed by atoms with E-state index < -0.39 is 0 Å². The molecule has 0 aromatic heterocycles. The van der Waals surface area contributed by atoms with Gasteiger partial charge in [0, 0.05) is 18.6 Å². The Morgan fingerprint density at radius 1 is 1.21 bits per heavy atom. The van der Waals surface area contributed by atoms with Gasteiger partial charge in [0.05, 0.1) is 6.61 Å². The average molecular weight is 256 g/mol. The van der Waals surface area contributed by atoms with Gasteiger partial charge in [0.15, 0.2) is 0 Å². The van der Waals surface area contributed by atoms with E-state index in [1.54, 1.807) is 0 Å². The molecule has 2 aromatic rings. The van der Waals surface area contributed by atoms with E-state index in [4.69, 9.17) is 10.6 Å². The Kier molecular flexibility index (Phi) is 3.78. The summed E-state index contributed by atoms with van der Waals surface area (Å²) in [7, 11) is 0. The SMILES string of the molecule is NNC(Cc1ccc2ccccc2c1)C1CCOC1. The van der Waals surface area contributed by atoms with Crippen molar-refractivity contribution in [1.29, 1.82) is 0 Å². The number of nitrogens with one attached hydrogen (secondary N) is 1. The second-order valence-electron chi connectivity index (χ2n) is 5.28. The highest BCUT2D eigenvalue weighted by Crippen LogP contribution is 2.21. The van der Waals surface area contributed by atoms with Gasteiger partial charge in [-0.05, 0) is 29.2 Å². The monoisotopic (exact) mass is 256 g/mol. The van der Waals surface area contributed by atoms with Gasteiger partial charge >= 0.3 is 0 Å². The summed E-state index contributed by atoms with van der Waals surface area (Å²) in [6.07, 6.45) is 2.05. The van der Waals surface area contributed by atoms with E-state index in [0.29, 0.717) is 12.0 Å². The fourth-order valence-electron chi connectivity index (χ4n) is 2.85. The number of ether oxygens (including phenoxy) is 1. The first kappa shape index (κ1) is 12.6. The van der Waals surface area contributed by atoms with Crippen LogP contribution in [0.5, 0.6) is 0 Å². The quantitative estimate of drug-likeness (QED) is 0.651. The summed E-state index contributed by atoms with van der Waals surface area (Å²) in [6, 6.07) is 15.4. The minimum Gasteiger partial charge on any atom is -0.381 e. The molecule has 3 nitrogen and oxygen atoms in total. The Morgan fingerprint density at radius 2 is 2.05 bits per heavy atom. The number of hydrogen-bond acceptors (Lipinski definition) is 3. The zero-order valence-electron chi connectivity index (χ0n) is 11.0. The molecule has 2 atom stereocenters. The van der Waals surface area contributed by atoms with Crippen LogP contribution in [0.25, 0.3) is 10.8 Å². The first-order valence-corrected chi connectivity index (χ1v) is 6.88. The molecule has 1 aliphatic rings. The number of fused-ring (bicyclic) bond motifs is 1. The maximum absolute atomic E-state index is 5.71. The predicted molar refractivity (Wildman–Crippen MR) is 77.7 cm³/mol. The molecule has 1 fully saturated rings. The summed E-state index contributed by atoms with van der Waals surface area (Å²) in [5.41, 5.74) is 4.29. The van der Waals surface area contributed by atoms with E-state index in [9.17, 15) is 0 Å². The first-order valence-electron chi connectivity index (χ1n) is 6.88. The van der Waals surface area contributed by atoms with E-state index in [1.807, 2.05) is 0 Å². The molecule has 100 valence electrons. The van der Waals surface area contributed by atoms with Crippen LogP contribution in [0.4, 0.5) is 0 Å². The highest BCUT2D eigenvalue weighted by molar-refractivity contribution is 5.82. The molecule has 2 unspecified atom stereocenters. The smallest absolute Gasteiger partial charge is 0.0510 e. The summed E-state index contributed by atoms with van der Waals surface area (Å²) in [5.74, 6) is 6.23. The van der Waals surface area contributed by atoms with E-state index >= 15 is 0 Å². The molecular formula is C16H20N2O. The summed E-state index contributed by atoms with van der Waals surface area (Å²) in [4.78, 5) is 0. The summed E-state index contributed by atoms with van der Waals surface area (Å²) in [6.45, 7) is 1.68. The molecule has 1 heterocycles. The first-order chi connectivity index (χ1) is 9.36. The largest absolute Gasteiger partial charge is 0.381 e. The van der Waals surface area contributed by atoms with Crippen molar-refractivity contribution in [3.05, 3.63) is 48.0 Å². The van der Waals surface area contributed by atoms with E-state index in [-0.39, 0.29) is 0 Å². The Hall–Kier alpha value is -1.42. The number of hydrazine groups is 1. The highest BCUT2D eigenvalue weighted by Gasteiger charge is 2.24. The maximum Gasteiger partial charge on any atom is 0.0510 e. The lowest BCUT2D eigenvalue weighted by atomic mass is 9.92. The Morgan fingerprint density at radius 3 is 2.79 bits per heavy atom. The standard InChI is InChI=1S/C16H20N2O/c17-18-16(15-7-8-19-11-15)10-12-5-6-13-3-1-2-4-14(13)9-12/h1-6,9,15-16,18H,7-8,10-11,17H2. The minimum absolute atomic E-state index is 0.295. The van der Waals surface area contributed by atoms with E-state index in [2.05, 4.69) is 47.9 Å². The molecule has 2 aromatic carbocycles. The molecule has 1 aliphatic heterocycles. The Bertz CT molecular complexity index is 549. The minimum atomic E-state index is 0.295. The van der Waals surface area contributed by atoms with Crippen LogP contribution in [-0.4, -0.2) is 19.3 Å². The topological polar surface area (TPSA) is 47.3 Å². The van der Waals surface area contributed by atoms with Crippen LogP contribution >= 0.6 is 0 Å². The molecule has 0 amide bonds. The number of benzene rings is 2. The van der Waals surface area contributed by atoms with Crippen LogP contribution in [0.15, 0.2) is 42.5 Å². The van der Waals surface area contributed by atoms with Crippen molar-refractivity contribution in [1.82, 2.24) is 5.43 Å². The molecular weight excluding hydrogens is 236 g/mol. The molecule has 19 heavy (non-hydrogen) atoms. The molecule has 3 heteroatoms. The maximum atomic E-state index is 5.71. The van der Waals surface area contributed by atoms with Crippen molar-refractivity contribution in [3.63, 3.8) is 0 Å². The van der Waals surface area contributed by atoms with Crippen molar-refractivity contribution in [2.45, 2.75) is 18.9 Å². The number of nitrogens with two attached hydrogens (primary N) is 1. The molecule has 1 saturated heterocycles. The molecule has 0 saturated carbocycles. The van der Waals surface area contributed by atoms with Gasteiger partial charge in [-0.2, -0.15) is 0 Å². The number of rotatable bonds is 4. The zero-order valence-corrected chi connectivity index (χ0v) is 11.0. The third-order valence-electron chi connectivity index (χ3n) is 4.02. The molecule has 0 aliphatic carbocycles. The Balaban J connectivity index is 1.79. The summed E-state index contributed by atoms with van der Waals surface area (Å²) >= 11 is 0. The molecule has 0 spiro atoms. The van der Waals surface area contributed by atoms with Crippen molar-refractivity contribution in [2.24, 2.45) is 11.8 Å². The third kappa shape index (κ3) is 2.78. The van der Waals surface area contributed by atoms with Gasteiger partial charge in [-0.15, -0.1) is 0 Å². The van der Waals surface area contributed by atoms with E-state index in [0.717, 1.165) is 26.1 Å². The van der Waals surface area contributed by atoms with Crippen molar-refractivity contribution >= 4 is 10.8 Å². The normalized spacial score (nSPS) is 20.8. The zero-order chi connectivity index (χ0) is 13.1. The third-order valence-corrected chi connectivity index (χ3v) is 4.02. The van der Waals surface area contributed by atoms with Gasteiger partial charge in [-0.3, -0.25) is 11.3 Å². The fourth-order valence-corrected chi connectivity index (χ4v) is 2.85. The van der Waals surface area contributed by atoms with Gasteiger partial charge in [0.1, 0.15) is 0 Å². The lowest BCUT2D eigenvalue weighted by Crippen LogP contribution is -2.42. The summed E-state index contributed by atoms with van der Waals surface area (Å²) < 4.78 is 5.45. The second-order valence-corrected chi connectivity index (χ2v) is 5.28. The van der Waals surface area contributed by atoms with Crippen LogP contribution < -0.4 is 11.3 Å². The van der Waals surface area contributed by atoms with Crippen molar-refractivity contribution in [2.75, 3.05) is 13.2 Å². The second kappa shape index (κ2) is 5.70. The lowest BCUT2D eigenvalue weighted by molar-refractivity contribution is 0.176. The molecule has 3 N–H and O–H groups in total. The molecule has 0 radical (unpaired) electrons. The number of hydrogen-bond donors (Lipinski definition) is 2. The van der Waals surface area contributed by atoms with Crippen LogP contribution in [0.2, 0.25) is 0 Å². The van der Waals surface area contributed by atoms with Gasteiger partial charge in [-0.1, -0.05) is 42.5 Å². The van der Waals surface area contributed by atoms with Crippen LogP contribution in [0.3, 0.4) is 0 Å². The van der Waals surface area contributed by atoms with Gasteiger partial charge in [0.2, 0.25) is 0 Å². The van der Waals surface area contributed by atoms with Crippen molar-refractivity contribution < 1.29 is 4.74 Å². The highest BCUT2D eigenvalue weighted by atomic mass is 16.5. The summed E-state index contributed by atoms with van der Waals surface area (Å²) in [5, 5.41) is 2.58. The van der Waals surface area contributed by atoms with Crippen molar-refractivity contribution in [3.8, 4) is 0 Å². The van der Waals surface area contributed by atoms with Crippen LogP contribution in [0.1, 0.15) is 12.0 Å². The van der Waals surface area contributed by atoms with Gasteiger partial charge in [0.25, 0.3) is 0 Å². The van der Waals surface area contributed by atoms with E-state index in [1.165, 1.54) is 16.3 Å². The predicted octanol–water partition coefficient (Wildman–Crippen LogP) is 2.25. The lowest BCUT2D eigenvalue weighted by Gasteiger charge is -2.21. The van der Waals surface area contributed by atoms with Gasteiger partial charge in [-0.25, -0.2) is 0 Å². The average Bonchev–Trinajstić information content (AvgIpc) is 2.98. The van der Waals surface area contributed by atoms with Crippen LogP contribution in [0, 0.1) is 5.92 Å². The van der Waals surface area contributed by atoms with Gasteiger partial charge < -0.3 is 4.74 Å². The fraction of sp³-hybridized carbons (Fsp3) is 0.375. The Labute approximate surface area is 113 Å². The molecule has 0 bridgehead atoms. The molecule has 3 rings (SSSR count). The van der Waals surface area contributed by atoms with Crippen LogP contribution in [-0.2, 0) is 11.2 Å².